The number of nitriles is 1. The number of rotatable bonds is 2. The smallest absolute Gasteiger partial charge is 0.410 e. The van der Waals surface area contributed by atoms with E-state index in [1.165, 1.54) is 12.8 Å². The average molecular weight is 341 g/mol. The number of amides is 1. The molecule has 5 nitrogen and oxygen atoms in total. The van der Waals surface area contributed by atoms with Crippen LogP contribution in [0.2, 0.25) is 0 Å². The molecule has 134 valence electrons. The maximum atomic E-state index is 12.4. The molecule has 2 heterocycles. The first-order valence-electron chi connectivity index (χ1n) is 9.19. The van der Waals surface area contributed by atoms with Gasteiger partial charge < -0.3 is 9.64 Å². The number of carbonyl (C=O) groups excluding carboxylic acids is 1. The molecule has 0 bridgehead atoms. The van der Waals surface area contributed by atoms with Crippen molar-refractivity contribution in [2.24, 2.45) is 0 Å². The fourth-order valence-electron chi connectivity index (χ4n) is 3.46. The fourth-order valence-corrected chi connectivity index (χ4v) is 3.46. The van der Waals surface area contributed by atoms with Crippen molar-refractivity contribution in [1.29, 1.82) is 5.26 Å². The van der Waals surface area contributed by atoms with Crippen molar-refractivity contribution in [2.75, 3.05) is 13.1 Å². The molecule has 1 aromatic heterocycles. The average Bonchev–Trinajstić information content (AvgIpc) is 3.40. The Bertz CT molecular complexity index is 685. The van der Waals surface area contributed by atoms with Gasteiger partial charge in [-0.2, -0.15) is 5.26 Å². The van der Waals surface area contributed by atoms with Gasteiger partial charge in [-0.05, 0) is 70.6 Å². The standard InChI is InChI=1S/C20H27N3O2/c1-19(2,3)25-18(24)23-11-4-8-20(14-21,9-12-23)16-7-10-22-17(13-16)15-5-6-15/h7,10,13,15H,4-6,8-9,11-12H2,1-3H3. The number of likely N-dealkylation sites (tertiary alicyclic amines) is 1. The number of aromatic nitrogens is 1. The van der Waals surface area contributed by atoms with Crippen molar-refractivity contribution in [3.8, 4) is 6.07 Å². The van der Waals surface area contributed by atoms with Crippen LogP contribution in [0.1, 0.15) is 70.1 Å². The van der Waals surface area contributed by atoms with Crippen LogP contribution < -0.4 is 0 Å². The zero-order valence-electron chi connectivity index (χ0n) is 15.4. The molecule has 0 spiro atoms. The number of nitrogens with zero attached hydrogens (tertiary/aromatic N) is 3. The van der Waals surface area contributed by atoms with Crippen molar-refractivity contribution in [1.82, 2.24) is 9.88 Å². The van der Waals surface area contributed by atoms with Gasteiger partial charge in [-0.3, -0.25) is 4.98 Å². The highest BCUT2D eigenvalue weighted by molar-refractivity contribution is 5.68. The minimum absolute atomic E-state index is 0.283. The van der Waals surface area contributed by atoms with Gasteiger partial charge in [-0.25, -0.2) is 4.79 Å². The molecule has 3 rings (SSSR count). The molecular weight excluding hydrogens is 314 g/mol. The summed E-state index contributed by atoms with van der Waals surface area (Å²) < 4.78 is 5.49. The SMILES string of the molecule is CC(C)(C)OC(=O)N1CCCC(C#N)(c2ccnc(C3CC3)c2)CC1. The second-order valence-electron chi connectivity index (χ2n) is 8.26. The lowest BCUT2D eigenvalue weighted by Crippen LogP contribution is -2.38. The number of hydrogen-bond donors (Lipinski definition) is 0. The molecule has 2 fully saturated rings. The Morgan fingerprint density at radius 1 is 1.36 bits per heavy atom. The third-order valence-corrected chi connectivity index (χ3v) is 5.04. The van der Waals surface area contributed by atoms with Crippen LogP contribution >= 0.6 is 0 Å². The van der Waals surface area contributed by atoms with E-state index in [0.717, 1.165) is 24.1 Å². The Labute approximate surface area is 150 Å². The Hall–Kier alpha value is -2.09. The van der Waals surface area contributed by atoms with Crippen LogP contribution in [0.15, 0.2) is 18.3 Å². The van der Waals surface area contributed by atoms with Crippen LogP contribution in [0.3, 0.4) is 0 Å². The summed E-state index contributed by atoms with van der Waals surface area (Å²) in [7, 11) is 0. The Balaban J connectivity index is 1.76. The van der Waals surface area contributed by atoms with Gasteiger partial charge in [-0.1, -0.05) is 0 Å². The van der Waals surface area contributed by atoms with Gasteiger partial charge in [0.25, 0.3) is 0 Å². The van der Waals surface area contributed by atoms with E-state index in [1.807, 2.05) is 33.0 Å². The molecule has 1 saturated carbocycles. The van der Waals surface area contributed by atoms with Crippen LogP contribution in [-0.2, 0) is 10.2 Å². The predicted molar refractivity (Wildman–Crippen MR) is 95.2 cm³/mol. The lowest BCUT2D eigenvalue weighted by Gasteiger charge is -2.28. The minimum atomic E-state index is -0.538. The molecular formula is C20H27N3O2. The van der Waals surface area contributed by atoms with Crippen LogP contribution in [-0.4, -0.2) is 34.7 Å². The highest BCUT2D eigenvalue weighted by Crippen LogP contribution is 2.41. The van der Waals surface area contributed by atoms with Gasteiger partial charge in [0.1, 0.15) is 5.60 Å². The van der Waals surface area contributed by atoms with E-state index in [9.17, 15) is 10.1 Å². The number of carbonyl (C=O) groups is 1. The quantitative estimate of drug-likeness (QED) is 0.811. The summed E-state index contributed by atoms with van der Waals surface area (Å²) in [4.78, 5) is 18.6. The van der Waals surface area contributed by atoms with Gasteiger partial charge in [-0.15, -0.1) is 0 Å². The molecule has 1 aliphatic carbocycles. The molecule has 2 aliphatic rings. The van der Waals surface area contributed by atoms with Crippen LogP contribution in [0.5, 0.6) is 0 Å². The molecule has 0 radical (unpaired) electrons. The van der Waals surface area contributed by atoms with Gasteiger partial charge in [0.05, 0.1) is 11.5 Å². The maximum Gasteiger partial charge on any atom is 0.410 e. The molecule has 1 atom stereocenters. The first kappa shape index (κ1) is 17.7. The van der Waals surface area contributed by atoms with Crippen LogP contribution in [0.25, 0.3) is 0 Å². The van der Waals surface area contributed by atoms with E-state index in [2.05, 4.69) is 17.1 Å². The first-order valence-corrected chi connectivity index (χ1v) is 9.19. The summed E-state index contributed by atoms with van der Waals surface area (Å²) in [5.74, 6) is 0.569. The summed E-state index contributed by atoms with van der Waals surface area (Å²) in [6.45, 7) is 6.80. The van der Waals surface area contributed by atoms with Gasteiger partial charge in [0.15, 0.2) is 0 Å². The predicted octanol–water partition coefficient (Wildman–Crippen LogP) is 4.14. The first-order chi connectivity index (χ1) is 11.8. The van der Waals surface area contributed by atoms with Gasteiger partial charge in [0, 0.05) is 30.9 Å². The molecule has 5 heteroatoms. The van der Waals surface area contributed by atoms with Gasteiger partial charge in [0.2, 0.25) is 0 Å². The van der Waals surface area contributed by atoms with Gasteiger partial charge >= 0.3 is 6.09 Å². The zero-order chi connectivity index (χ0) is 18.1. The highest BCUT2D eigenvalue weighted by atomic mass is 16.6. The summed E-state index contributed by atoms with van der Waals surface area (Å²) in [5, 5.41) is 9.97. The minimum Gasteiger partial charge on any atom is -0.444 e. The van der Waals surface area contributed by atoms with E-state index < -0.39 is 11.0 Å². The molecule has 1 aliphatic heterocycles. The van der Waals surface area contributed by atoms with Crippen molar-refractivity contribution in [2.45, 2.75) is 69.8 Å². The van der Waals surface area contributed by atoms with Crippen molar-refractivity contribution in [3.63, 3.8) is 0 Å². The lowest BCUT2D eigenvalue weighted by atomic mass is 9.76. The molecule has 1 saturated heterocycles. The van der Waals surface area contributed by atoms with Crippen LogP contribution in [0, 0.1) is 11.3 Å². The van der Waals surface area contributed by atoms with E-state index in [-0.39, 0.29) is 6.09 Å². The summed E-state index contributed by atoms with van der Waals surface area (Å²) in [6.07, 6.45) is 6.14. The zero-order valence-corrected chi connectivity index (χ0v) is 15.4. The lowest BCUT2D eigenvalue weighted by molar-refractivity contribution is 0.0255. The Morgan fingerprint density at radius 3 is 2.76 bits per heavy atom. The summed E-state index contributed by atoms with van der Waals surface area (Å²) in [6, 6.07) is 6.65. The largest absolute Gasteiger partial charge is 0.444 e. The van der Waals surface area contributed by atoms with Crippen molar-refractivity contribution < 1.29 is 9.53 Å². The molecule has 0 aromatic carbocycles. The van der Waals surface area contributed by atoms with E-state index >= 15 is 0 Å². The Morgan fingerprint density at radius 2 is 2.12 bits per heavy atom. The van der Waals surface area contributed by atoms with E-state index in [0.29, 0.717) is 25.4 Å². The maximum absolute atomic E-state index is 12.4. The summed E-state index contributed by atoms with van der Waals surface area (Å²) >= 11 is 0. The second-order valence-corrected chi connectivity index (χ2v) is 8.26. The van der Waals surface area contributed by atoms with E-state index in [1.54, 1.807) is 4.90 Å². The monoisotopic (exact) mass is 341 g/mol. The second kappa shape index (κ2) is 6.67. The fraction of sp³-hybridized carbons (Fsp3) is 0.650. The number of ether oxygens (including phenoxy) is 1. The topological polar surface area (TPSA) is 66.2 Å². The normalized spacial score (nSPS) is 24.3. The Kier molecular flexibility index (Phi) is 4.73. The number of hydrogen-bond acceptors (Lipinski definition) is 4. The molecule has 0 N–H and O–H groups in total. The third-order valence-electron chi connectivity index (χ3n) is 5.04. The summed E-state index contributed by atoms with van der Waals surface area (Å²) in [5.41, 5.74) is 1.13. The third kappa shape index (κ3) is 4.12. The van der Waals surface area contributed by atoms with Crippen molar-refractivity contribution in [3.05, 3.63) is 29.6 Å². The molecule has 1 aromatic rings. The molecule has 1 unspecified atom stereocenters. The molecule has 1 amide bonds. The molecule has 25 heavy (non-hydrogen) atoms. The van der Waals surface area contributed by atoms with Crippen LogP contribution in [0.4, 0.5) is 4.79 Å². The van der Waals surface area contributed by atoms with Crippen molar-refractivity contribution >= 4 is 6.09 Å². The highest BCUT2D eigenvalue weighted by Gasteiger charge is 2.37. The van der Waals surface area contributed by atoms with E-state index in [4.69, 9.17) is 4.74 Å². The number of pyridine rings is 1.